The number of carbonyl (C=O) groups is 1. The molecule has 0 amide bonds. The SMILES string of the molecule is CCc1nc2ccccc2c(=O)n1N=Cc1ccccc1OC(=O)/C=C/c1cccc([N+](=O)[O-])c1. The molecular formula is C26H20N4O5. The van der Waals surface area contributed by atoms with Crippen molar-refractivity contribution in [1.82, 2.24) is 9.66 Å². The van der Waals surface area contributed by atoms with Gasteiger partial charge in [0, 0.05) is 30.2 Å². The maximum absolute atomic E-state index is 13.0. The largest absolute Gasteiger partial charge is 0.423 e. The summed E-state index contributed by atoms with van der Waals surface area (Å²) in [5.41, 5.74) is 1.20. The average Bonchev–Trinajstić information content (AvgIpc) is 2.87. The van der Waals surface area contributed by atoms with Crippen molar-refractivity contribution in [2.45, 2.75) is 13.3 Å². The first-order valence-electron chi connectivity index (χ1n) is 10.7. The fraction of sp³-hybridized carbons (Fsp3) is 0.0769. The number of ether oxygens (including phenoxy) is 1. The predicted octanol–water partition coefficient (Wildman–Crippen LogP) is 4.37. The van der Waals surface area contributed by atoms with Crippen LogP contribution in [-0.4, -0.2) is 26.8 Å². The van der Waals surface area contributed by atoms with E-state index in [9.17, 15) is 19.7 Å². The summed E-state index contributed by atoms with van der Waals surface area (Å²) in [7, 11) is 0. The zero-order chi connectivity index (χ0) is 24.8. The molecule has 0 fully saturated rings. The molecule has 9 nitrogen and oxygen atoms in total. The maximum atomic E-state index is 13.0. The average molecular weight is 468 g/mol. The second-order valence-electron chi connectivity index (χ2n) is 7.40. The summed E-state index contributed by atoms with van der Waals surface area (Å²) < 4.78 is 6.68. The van der Waals surface area contributed by atoms with Gasteiger partial charge in [0.1, 0.15) is 11.6 Å². The lowest BCUT2D eigenvalue weighted by molar-refractivity contribution is -0.384. The number of carbonyl (C=O) groups excluding carboxylic acids is 1. The number of fused-ring (bicyclic) bond motifs is 1. The van der Waals surface area contributed by atoms with Gasteiger partial charge in [0.2, 0.25) is 0 Å². The van der Waals surface area contributed by atoms with Gasteiger partial charge in [0.25, 0.3) is 11.2 Å². The van der Waals surface area contributed by atoms with Gasteiger partial charge < -0.3 is 4.74 Å². The van der Waals surface area contributed by atoms with E-state index < -0.39 is 10.9 Å². The fourth-order valence-corrected chi connectivity index (χ4v) is 3.37. The first-order chi connectivity index (χ1) is 17.0. The number of nitrogens with zero attached hydrogens (tertiary/aromatic N) is 4. The van der Waals surface area contributed by atoms with Gasteiger partial charge in [-0.15, -0.1) is 0 Å². The summed E-state index contributed by atoms with van der Waals surface area (Å²) in [6.45, 7) is 1.88. The first-order valence-corrected chi connectivity index (χ1v) is 10.7. The molecule has 4 aromatic rings. The van der Waals surface area contributed by atoms with E-state index in [0.717, 1.165) is 0 Å². The molecule has 1 aromatic heterocycles. The molecule has 0 unspecified atom stereocenters. The third kappa shape index (κ3) is 5.36. The number of aromatic nitrogens is 2. The minimum atomic E-state index is -0.670. The Morgan fingerprint density at radius 3 is 2.69 bits per heavy atom. The van der Waals surface area contributed by atoms with Crippen molar-refractivity contribution in [3.8, 4) is 5.75 Å². The Hall–Kier alpha value is -4.92. The maximum Gasteiger partial charge on any atom is 0.336 e. The molecule has 0 atom stereocenters. The smallest absolute Gasteiger partial charge is 0.336 e. The van der Waals surface area contributed by atoms with Gasteiger partial charge in [-0.2, -0.15) is 9.78 Å². The zero-order valence-corrected chi connectivity index (χ0v) is 18.7. The number of hydrogen-bond donors (Lipinski definition) is 0. The number of hydrogen-bond acceptors (Lipinski definition) is 7. The summed E-state index contributed by atoms with van der Waals surface area (Å²) in [4.78, 5) is 40.3. The Morgan fingerprint density at radius 1 is 1.11 bits per heavy atom. The van der Waals surface area contributed by atoms with E-state index in [4.69, 9.17) is 4.74 Å². The molecule has 0 bridgehead atoms. The van der Waals surface area contributed by atoms with Gasteiger partial charge in [-0.25, -0.2) is 9.78 Å². The van der Waals surface area contributed by atoms with Crippen molar-refractivity contribution in [2.24, 2.45) is 5.10 Å². The second kappa shape index (κ2) is 10.3. The van der Waals surface area contributed by atoms with Crippen LogP contribution in [0.3, 0.4) is 0 Å². The highest BCUT2D eigenvalue weighted by Crippen LogP contribution is 2.18. The first kappa shape index (κ1) is 23.2. The standard InChI is InChI=1S/C26H20N4O5/c1-2-24-28-22-12-5-4-11-21(22)26(32)29(24)27-17-19-9-3-6-13-23(19)35-25(31)15-14-18-8-7-10-20(16-18)30(33)34/h3-17H,2H2,1H3/b15-14+,27-17?. The van der Waals surface area contributed by atoms with E-state index >= 15 is 0 Å². The Kier molecular flexibility index (Phi) is 6.87. The molecule has 0 spiro atoms. The van der Waals surface area contributed by atoms with Crippen molar-refractivity contribution in [3.63, 3.8) is 0 Å². The molecule has 174 valence electrons. The van der Waals surface area contributed by atoms with Gasteiger partial charge in [0.05, 0.1) is 22.0 Å². The van der Waals surface area contributed by atoms with Crippen LogP contribution in [0.1, 0.15) is 23.9 Å². The van der Waals surface area contributed by atoms with Crippen molar-refractivity contribution >= 4 is 34.9 Å². The zero-order valence-electron chi connectivity index (χ0n) is 18.7. The highest BCUT2D eigenvalue weighted by molar-refractivity contribution is 5.91. The van der Waals surface area contributed by atoms with E-state index in [2.05, 4.69) is 10.1 Å². The van der Waals surface area contributed by atoms with Crippen LogP contribution in [0.2, 0.25) is 0 Å². The summed E-state index contributed by atoms with van der Waals surface area (Å²) in [5, 5.41) is 15.7. The lowest BCUT2D eigenvalue weighted by atomic mass is 10.2. The van der Waals surface area contributed by atoms with Gasteiger partial charge in [-0.3, -0.25) is 14.9 Å². The minimum Gasteiger partial charge on any atom is -0.423 e. The van der Waals surface area contributed by atoms with E-state index in [0.29, 0.717) is 34.3 Å². The normalized spacial score (nSPS) is 11.3. The Morgan fingerprint density at radius 2 is 1.89 bits per heavy atom. The summed E-state index contributed by atoms with van der Waals surface area (Å²) >= 11 is 0. The molecule has 0 aliphatic rings. The molecule has 4 rings (SSSR count). The van der Waals surface area contributed by atoms with Crippen LogP contribution in [-0.2, 0) is 11.2 Å². The Bertz CT molecular complexity index is 1540. The molecular weight excluding hydrogens is 448 g/mol. The number of rotatable bonds is 7. The highest BCUT2D eigenvalue weighted by Gasteiger charge is 2.10. The number of para-hydroxylation sites is 2. The summed E-state index contributed by atoms with van der Waals surface area (Å²) in [6.07, 6.45) is 4.54. The number of esters is 1. The quantitative estimate of drug-likeness (QED) is 0.0993. The molecule has 1 heterocycles. The lowest BCUT2D eigenvalue weighted by Crippen LogP contribution is -2.22. The Labute approximate surface area is 199 Å². The fourth-order valence-electron chi connectivity index (χ4n) is 3.37. The van der Waals surface area contributed by atoms with E-state index in [1.54, 1.807) is 48.5 Å². The van der Waals surface area contributed by atoms with Gasteiger partial charge in [-0.1, -0.05) is 43.3 Å². The van der Waals surface area contributed by atoms with Crippen LogP contribution < -0.4 is 10.3 Å². The minimum absolute atomic E-state index is 0.0769. The number of nitro groups is 1. The van der Waals surface area contributed by atoms with Crippen molar-refractivity contribution in [2.75, 3.05) is 0 Å². The van der Waals surface area contributed by atoms with Crippen LogP contribution >= 0.6 is 0 Å². The second-order valence-corrected chi connectivity index (χ2v) is 7.40. The highest BCUT2D eigenvalue weighted by atomic mass is 16.6. The van der Waals surface area contributed by atoms with Gasteiger partial charge in [0.15, 0.2) is 0 Å². The molecule has 0 radical (unpaired) electrons. The molecule has 0 saturated heterocycles. The monoisotopic (exact) mass is 468 g/mol. The lowest BCUT2D eigenvalue weighted by Gasteiger charge is -2.08. The van der Waals surface area contributed by atoms with Crippen LogP contribution in [0, 0.1) is 10.1 Å². The van der Waals surface area contributed by atoms with Gasteiger partial charge >= 0.3 is 5.97 Å². The summed E-state index contributed by atoms with van der Waals surface area (Å²) in [6, 6.07) is 19.7. The molecule has 0 N–H and O–H groups in total. The molecule has 0 aliphatic heterocycles. The molecule has 35 heavy (non-hydrogen) atoms. The molecule has 9 heteroatoms. The molecule has 3 aromatic carbocycles. The van der Waals surface area contributed by atoms with Crippen LogP contribution in [0.5, 0.6) is 5.75 Å². The van der Waals surface area contributed by atoms with E-state index in [1.807, 2.05) is 13.0 Å². The van der Waals surface area contributed by atoms with Crippen molar-refractivity contribution in [3.05, 3.63) is 116 Å². The third-order valence-electron chi connectivity index (χ3n) is 5.07. The topological polar surface area (TPSA) is 117 Å². The molecule has 0 saturated carbocycles. The summed E-state index contributed by atoms with van der Waals surface area (Å²) in [5.74, 6) is 0.0697. The van der Waals surface area contributed by atoms with Crippen LogP contribution in [0.4, 0.5) is 5.69 Å². The van der Waals surface area contributed by atoms with Crippen LogP contribution in [0.15, 0.2) is 88.8 Å². The third-order valence-corrected chi connectivity index (χ3v) is 5.07. The van der Waals surface area contributed by atoms with Crippen LogP contribution in [0.25, 0.3) is 17.0 Å². The predicted molar refractivity (Wildman–Crippen MR) is 133 cm³/mol. The van der Waals surface area contributed by atoms with Crippen molar-refractivity contribution < 1.29 is 14.5 Å². The number of nitro benzene ring substituents is 1. The van der Waals surface area contributed by atoms with Crippen molar-refractivity contribution in [1.29, 1.82) is 0 Å². The molecule has 0 aliphatic carbocycles. The number of aryl methyl sites for hydroxylation is 1. The number of benzene rings is 3. The van der Waals surface area contributed by atoms with E-state index in [1.165, 1.54) is 41.2 Å². The van der Waals surface area contributed by atoms with Gasteiger partial charge in [-0.05, 0) is 35.9 Å². The number of non-ortho nitro benzene ring substituents is 1. The van der Waals surface area contributed by atoms with E-state index in [-0.39, 0.29) is 17.0 Å². The Balaban J connectivity index is 1.58.